The van der Waals surface area contributed by atoms with Gasteiger partial charge in [0.25, 0.3) is 0 Å². The molecule has 0 fully saturated rings. The first kappa shape index (κ1) is 4.09. The molecule has 0 saturated heterocycles. The van der Waals surface area contributed by atoms with E-state index in [4.69, 9.17) is 12.2 Å². The number of hydrogen-bond donors (Lipinski definition) is 2. The van der Waals surface area contributed by atoms with Crippen molar-refractivity contribution < 1.29 is 6.48 Å². The van der Waals surface area contributed by atoms with E-state index in [9.17, 15) is 0 Å². The average Bonchev–Trinajstić information content (AvgIpc) is 1.68. The number of hydrogen-bond acceptors (Lipinski definition) is 2. The molecule has 0 aromatic carbocycles. The summed E-state index contributed by atoms with van der Waals surface area (Å²) in [7, 11) is 0. The predicted octanol–water partition coefficient (Wildman–Crippen LogP) is -0.284. The Labute approximate surface area is 39.4 Å². The largest absolute Gasteiger partial charge is 0.392 e. The third-order valence-corrected chi connectivity index (χ3v) is 0.605. The molecule has 0 saturated carbocycles. The number of aliphatic hydroxyl groups is 1. The van der Waals surface area contributed by atoms with Crippen LogP contribution in [0.4, 0.5) is 0 Å². The van der Waals surface area contributed by atoms with Crippen molar-refractivity contribution in [3.8, 4) is 0 Å². The van der Waals surface area contributed by atoms with Gasteiger partial charge in [0.05, 0.1) is 6.10 Å². The average molecular weight is 90.1 g/mol. The van der Waals surface area contributed by atoms with Crippen LogP contribution in [0.25, 0.3) is 0 Å². The lowest BCUT2D eigenvalue weighted by molar-refractivity contribution is 0.179. The molecular weight excluding hydrogens is 78.1 g/mol. The molecule has 38 valence electrons. The second-order valence-electron chi connectivity index (χ2n) is 1.18. The quantitative estimate of drug-likeness (QED) is 0.489. The summed E-state index contributed by atoms with van der Waals surface area (Å²) in [6, 6.07) is 0. The Morgan fingerprint density at radius 2 is 2.83 bits per heavy atom. The van der Waals surface area contributed by atoms with Crippen LogP contribution < -0.4 is 5.73 Å². The maximum absolute atomic E-state index is 8.61. The van der Waals surface area contributed by atoms with Gasteiger partial charge in [-0.15, -0.1) is 0 Å². The van der Waals surface area contributed by atoms with Crippen LogP contribution in [0.1, 0.15) is 14.7 Å². The number of rotatable bonds is 2. The number of nitrogens with two attached hydrogens (primary N) is 1. The first-order chi connectivity index (χ1) is 3.31. The summed E-state index contributed by atoms with van der Waals surface area (Å²) in [4.78, 5) is 0. The number of aliphatic hydroxyl groups excluding tert-OH is 1. The Morgan fingerprint density at radius 1 is 2.17 bits per heavy atom. The summed E-state index contributed by atoms with van der Waals surface area (Å²) >= 11 is 0. The van der Waals surface area contributed by atoms with Crippen molar-refractivity contribution >= 4 is 0 Å². The van der Waals surface area contributed by atoms with E-state index in [1.807, 2.05) is 0 Å². The zero-order valence-electron chi connectivity index (χ0n) is 4.72. The minimum absolute atomic E-state index is 0.262. The molecule has 0 bridgehead atoms. The van der Waals surface area contributed by atoms with E-state index in [1.54, 1.807) is 0 Å². The third-order valence-electron chi connectivity index (χ3n) is 0.605. The van der Waals surface area contributed by atoms with Gasteiger partial charge in [-0.25, -0.2) is 0 Å². The van der Waals surface area contributed by atoms with Crippen LogP contribution in [0, 0.1) is 0 Å². The van der Waals surface area contributed by atoms with Crippen LogP contribution >= 0.6 is 0 Å². The summed E-state index contributed by atoms with van der Waals surface area (Å²) in [6.45, 7) is 0.539. The molecule has 1 atom stereocenters. The molecule has 2 heteroatoms. The van der Waals surface area contributed by atoms with Gasteiger partial charge in [-0.3, -0.25) is 0 Å². The fraction of sp³-hybridized carbons (Fsp3) is 1.00. The minimum atomic E-state index is -0.461. The maximum atomic E-state index is 8.61. The molecule has 0 aliphatic rings. The topological polar surface area (TPSA) is 46.2 Å². The molecule has 0 heterocycles. The molecule has 0 aliphatic carbocycles. The van der Waals surface area contributed by atoms with E-state index in [-0.39, 0.29) is 13.4 Å². The fourth-order valence-electron chi connectivity index (χ4n) is 0.118. The van der Waals surface area contributed by atoms with E-state index < -0.39 is 6.10 Å². The van der Waals surface area contributed by atoms with Gasteiger partial charge in [-0.2, -0.15) is 0 Å². The van der Waals surface area contributed by atoms with Crippen LogP contribution in [-0.4, -0.2) is 17.8 Å². The zero-order valence-corrected chi connectivity index (χ0v) is 3.72. The van der Waals surface area contributed by atoms with Crippen molar-refractivity contribution in [2.45, 2.75) is 19.4 Å². The first-order valence-corrected chi connectivity index (χ1v) is 1.98. The summed E-state index contributed by atoms with van der Waals surface area (Å²) in [5.41, 5.74) is 5.02. The summed E-state index contributed by atoms with van der Waals surface area (Å²) in [5.74, 6) is 0. The van der Waals surface area contributed by atoms with E-state index in [2.05, 4.69) is 0 Å². The van der Waals surface area contributed by atoms with Crippen LogP contribution in [0.15, 0.2) is 0 Å². The van der Waals surface area contributed by atoms with Gasteiger partial charge in [0, 0.05) is 7.92 Å². The predicted molar refractivity (Wildman–Crippen MR) is 25.4 cm³/mol. The molecule has 1 unspecified atom stereocenters. The Balaban J connectivity index is 2.83. The van der Waals surface area contributed by atoms with E-state index >= 15 is 0 Å². The maximum Gasteiger partial charge on any atom is 0.0659 e. The summed E-state index contributed by atoms with van der Waals surface area (Å²) < 4.78 is 6.62. The van der Waals surface area contributed by atoms with Gasteiger partial charge < -0.3 is 10.8 Å². The molecule has 6 heavy (non-hydrogen) atoms. The molecule has 0 amide bonds. The molecule has 0 aliphatic heterocycles. The van der Waals surface area contributed by atoms with E-state index in [1.165, 1.54) is 0 Å². The van der Waals surface area contributed by atoms with Crippen molar-refractivity contribution in [1.82, 2.24) is 0 Å². The highest BCUT2D eigenvalue weighted by Gasteiger charge is 1.90. The van der Waals surface area contributed by atoms with Crippen LogP contribution in [-0.2, 0) is 0 Å². The third kappa shape index (κ3) is 2.18. The standard InChI is InChI=1S/C4H11NO/c1-2-4(6)3-5/h4,6H,2-3,5H2,1H3/i1D. The lowest BCUT2D eigenvalue weighted by Crippen LogP contribution is -2.17. The second kappa shape index (κ2) is 3.12. The van der Waals surface area contributed by atoms with E-state index in [0.29, 0.717) is 6.42 Å². The van der Waals surface area contributed by atoms with E-state index in [0.717, 1.165) is 0 Å². The summed E-state index contributed by atoms with van der Waals surface area (Å²) in [5, 5.41) is 8.61. The van der Waals surface area contributed by atoms with Gasteiger partial charge in [-0.05, 0) is 6.42 Å². The lowest BCUT2D eigenvalue weighted by atomic mass is 10.3. The van der Waals surface area contributed by atoms with Gasteiger partial charge in [0.15, 0.2) is 0 Å². The Bertz CT molecular complexity index is 42.7. The lowest BCUT2D eigenvalue weighted by Gasteiger charge is -1.98. The van der Waals surface area contributed by atoms with Crippen molar-refractivity contribution in [2.75, 3.05) is 6.54 Å². The molecule has 2 nitrogen and oxygen atoms in total. The second-order valence-corrected chi connectivity index (χ2v) is 1.18. The Morgan fingerprint density at radius 3 is 3.00 bits per heavy atom. The van der Waals surface area contributed by atoms with Crippen molar-refractivity contribution in [3.05, 3.63) is 0 Å². The molecule has 0 aromatic rings. The molecule has 0 aromatic heterocycles. The monoisotopic (exact) mass is 90.1 g/mol. The van der Waals surface area contributed by atoms with Crippen LogP contribution in [0.3, 0.4) is 0 Å². The van der Waals surface area contributed by atoms with Gasteiger partial charge in [-0.1, -0.05) is 6.90 Å². The highest BCUT2D eigenvalue weighted by molar-refractivity contribution is 4.48. The minimum Gasteiger partial charge on any atom is -0.392 e. The van der Waals surface area contributed by atoms with Crippen LogP contribution in [0.2, 0.25) is 0 Å². The molecule has 0 radical (unpaired) electrons. The fourth-order valence-corrected chi connectivity index (χ4v) is 0.118. The molecule has 3 N–H and O–H groups in total. The van der Waals surface area contributed by atoms with Gasteiger partial charge in [0.2, 0.25) is 0 Å². The SMILES string of the molecule is [2H]CCC(O)CN. The Hall–Kier alpha value is -0.0800. The molecule has 0 spiro atoms. The highest BCUT2D eigenvalue weighted by atomic mass is 16.3. The van der Waals surface area contributed by atoms with Crippen molar-refractivity contribution in [1.29, 1.82) is 0 Å². The normalized spacial score (nSPS) is 16.7. The first-order valence-electron chi connectivity index (χ1n) is 2.69. The van der Waals surface area contributed by atoms with Crippen molar-refractivity contribution in [2.24, 2.45) is 5.73 Å². The zero-order chi connectivity index (χ0) is 5.70. The highest BCUT2D eigenvalue weighted by Crippen LogP contribution is 1.81. The van der Waals surface area contributed by atoms with Gasteiger partial charge in [0.1, 0.15) is 0 Å². The Kier molecular flexibility index (Phi) is 2.13. The van der Waals surface area contributed by atoms with Crippen molar-refractivity contribution in [3.63, 3.8) is 0 Å². The summed E-state index contributed by atoms with van der Waals surface area (Å²) in [6.07, 6.45) is 0.0359. The molecule has 0 rings (SSSR count). The molecular formula is C4H11NO. The van der Waals surface area contributed by atoms with Crippen LogP contribution in [0.5, 0.6) is 0 Å². The smallest absolute Gasteiger partial charge is 0.0659 e. The van der Waals surface area contributed by atoms with Gasteiger partial charge >= 0.3 is 0 Å².